The number of rotatable bonds is 2. The number of hydrogen-bond acceptors (Lipinski definition) is 3. The van der Waals surface area contributed by atoms with E-state index in [2.05, 4.69) is 0 Å². The minimum Gasteiger partial charge on any atom is -0.281 e. The van der Waals surface area contributed by atoms with Crippen LogP contribution in [-0.2, 0) is 0 Å². The lowest BCUT2D eigenvalue weighted by Crippen LogP contribution is -1.95. The Morgan fingerprint density at radius 1 is 1.64 bits per heavy atom. The van der Waals surface area contributed by atoms with Gasteiger partial charge in [-0.2, -0.15) is 0 Å². The fourth-order valence-corrected chi connectivity index (χ4v) is 2.12. The molecule has 0 aromatic carbocycles. The van der Waals surface area contributed by atoms with E-state index in [4.69, 9.17) is 0 Å². The Labute approximate surface area is 74.8 Å². The summed E-state index contributed by atoms with van der Waals surface area (Å²) in [6, 6.07) is 3.77. The van der Waals surface area contributed by atoms with Crippen molar-refractivity contribution >= 4 is 28.2 Å². The molecule has 0 fully saturated rings. The number of hydrogen-bond donors (Lipinski definition) is 0. The van der Waals surface area contributed by atoms with Crippen LogP contribution in [0.25, 0.3) is 0 Å². The van der Waals surface area contributed by atoms with Crippen LogP contribution in [0.3, 0.4) is 0 Å². The van der Waals surface area contributed by atoms with Crippen molar-refractivity contribution in [2.45, 2.75) is 19.1 Å². The van der Waals surface area contributed by atoms with Crippen molar-refractivity contribution in [2.24, 2.45) is 0 Å². The average Bonchev–Trinajstić information content (AvgIpc) is 2.35. The van der Waals surface area contributed by atoms with Gasteiger partial charge in [0.1, 0.15) is 0 Å². The zero-order chi connectivity index (χ0) is 8.27. The maximum absolute atomic E-state index is 11.3. The maximum atomic E-state index is 11.3. The first-order valence-electron chi connectivity index (χ1n) is 3.44. The molecule has 0 atom stereocenters. The van der Waals surface area contributed by atoms with Crippen LogP contribution in [0.2, 0.25) is 0 Å². The smallest absolute Gasteiger partial charge is 0.229 e. The van der Waals surface area contributed by atoms with Crippen LogP contribution in [0.15, 0.2) is 17.5 Å². The summed E-state index contributed by atoms with van der Waals surface area (Å²) in [5.41, 5.74) is 0. The van der Waals surface area contributed by atoms with E-state index in [1.807, 2.05) is 31.4 Å². The van der Waals surface area contributed by atoms with Crippen molar-refractivity contribution in [3.63, 3.8) is 0 Å². The molecule has 0 aliphatic heterocycles. The molecule has 1 rings (SSSR count). The van der Waals surface area contributed by atoms with E-state index in [1.54, 1.807) is 0 Å². The van der Waals surface area contributed by atoms with Gasteiger partial charge in [0.2, 0.25) is 5.12 Å². The van der Waals surface area contributed by atoms with Crippen molar-refractivity contribution in [3.8, 4) is 0 Å². The Morgan fingerprint density at radius 2 is 2.36 bits per heavy atom. The Bertz CT molecular complexity index is 226. The van der Waals surface area contributed by atoms with E-state index in [-0.39, 0.29) is 5.12 Å². The number of carbonyl (C=O) groups is 1. The lowest BCUT2D eigenvalue weighted by Gasteiger charge is -1.99. The second kappa shape index (κ2) is 3.93. The zero-order valence-electron chi connectivity index (χ0n) is 6.53. The molecule has 3 heteroatoms. The second-order valence-corrected chi connectivity index (χ2v) is 4.93. The molecule has 0 aliphatic carbocycles. The van der Waals surface area contributed by atoms with Gasteiger partial charge >= 0.3 is 0 Å². The summed E-state index contributed by atoms with van der Waals surface area (Å²) in [5, 5.41) is 2.49. The summed E-state index contributed by atoms with van der Waals surface area (Å²) in [6.07, 6.45) is 0. The van der Waals surface area contributed by atoms with Gasteiger partial charge in [0, 0.05) is 5.25 Å². The molecule has 1 aromatic heterocycles. The predicted octanol–water partition coefficient (Wildman–Crippen LogP) is 3.03. The summed E-state index contributed by atoms with van der Waals surface area (Å²) >= 11 is 2.89. The van der Waals surface area contributed by atoms with Crippen LogP contribution in [0.5, 0.6) is 0 Å². The van der Waals surface area contributed by atoms with Crippen LogP contribution < -0.4 is 0 Å². The summed E-state index contributed by atoms with van der Waals surface area (Å²) in [7, 11) is 0. The fraction of sp³-hybridized carbons (Fsp3) is 0.375. The van der Waals surface area contributed by atoms with Gasteiger partial charge in [-0.05, 0) is 11.4 Å². The SMILES string of the molecule is CC(C)SC(=O)c1cccs1. The molecular formula is C8H10OS2. The highest BCUT2D eigenvalue weighted by Crippen LogP contribution is 2.20. The predicted molar refractivity (Wildman–Crippen MR) is 51.4 cm³/mol. The summed E-state index contributed by atoms with van der Waals surface area (Å²) in [5.74, 6) is 0. The van der Waals surface area contributed by atoms with Gasteiger partial charge in [-0.3, -0.25) is 4.79 Å². The quantitative estimate of drug-likeness (QED) is 0.706. The van der Waals surface area contributed by atoms with E-state index in [0.717, 1.165) is 4.88 Å². The first-order valence-corrected chi connectivity index (χ1v) is 5.20. The second-order valence-electron chi connectivity index (χ2n) is 2.43. The Morgan fingerprint density at radius 3 is 2.82 bits per heavy atom. The third-order valence-corrected chi connectivity index (χ3v) is 2.97. The van der Waals surface area contributed by atoms with Gasteiger partial charge in [-0.1, -0.05) is 31.7 Å². The van der Waals surface area contributed by atoms with Crippen molar-refractivity contribution in [1.29, 1.82) is 0 Å². The zero-order valence-corrected chi connectivity index (χ0v) is 8.17. The molecule has 1 aromatic rings. The molecule has 1 heterocycles. The Hall–Kier alpha value is -0.280. The summed E-state index contributed by atoms with van der Waals surface area (Å²) in [6.45, 7) is 4.05. The van der Waals surface area contributed by atoms with Gasteiger partial charge in [-0.15, -0.1) is 11.3 Å². The lowest BCUT2D eigenvalue weighted by atomic mass is 10.5. The topological polar surface area (TPSA) is 17.1 Å². The van der Waals surface area contributed by atoms with Crippen molar-refractivity contribution < 1.29 is 4.79 Å². The highest BCUT2D eigenvalue weighted by atomic mass is 32.2. The first-order chi connectivity index (χ1) is 5.20. The van der Waals surface area contributed by atoms with Crippen LogP contribution in [-0.4, -0.2) is 10.4 Å². The molecule has 1 nitrogen and oxygen atoms in total. The number of carbonyl (C=O) groups excluding carboxylic acids is 1. The highest BCUT2D eigenvalue weighted by molar-refractivity contribution is 8.14. The molecule has 0 bridgehead atoms. The number of thiophene rings is 1. The minimum atomic E-state index is 0.190. The molecule has 60 valence electrons. The standard InChI is InChI=1S/C8H10OS2/c1-6(2)11-8(9)7-4-3-5-10-7/h3-6H,1-2H3. The van der Waals surface area contributed by atoms with Gasteiger partial charge in [-0.25, -0.2) is 0 Å². The summed E-state index contributed by atoms with van der Waals surface area (Å²) in [4.78, 5) is 12.1. The molecular weight excluding hydrogens is 176 g/mol. The van der Waals surface area contributed by atoms with Crippen molar-refractivity contribution in [2.75, 3.05) is 0 Å². The third kappa shape index (κ3) is 2.67. The molecule has 0 aliphatic rings. The third-order valence-electron chi connectivity index (χ3n) is 1.07. The average molecular weight is 186 g/mol. The molecule has 0 radical (unpaired) electrons. The highest BCUT2D eigenvalue weighted by Gasteiger charge is 2.08. The Balaban J connectivity index is 2.57. The van der Waals surface area contributed by atoms with E-state index < -0.39 is 0 Å². The molecule has 0 spiro atoms. The van der Waals surface area contributed by atoms with Crippen LogP contribution in [0.4, 0.5) is 0 Å². The van der Waals surface area contributed by atoms with Crippen LogP contribution in [0.1, 0.15) is 23.5 Å². The van der Waals surface area contributed by atoms with Crippen LogP contribution in [0, 0.1) is 0 Å². The van der Waals surface area contributed by atoms with Gasteiger partial charge in [0.25, 0.3) is 0 Å². The fourth-order valence-electron chi connectivity index (χ4n) is 0.667. The molecule has 11 heavy (non-hydrogen) atoms. The molecule has 0 unspecified atom stereocenters. The lowest BCUT2D eigenvalue weighted by molar-refractivity contribution is 0.109. The monoisotopic (exact) mass is 186 g/mol. The summed E-state index contributed by atoms with van der Waals surface area (Å²) < 4.78 is 0. The first kappa shape index (κ1) is 8.81. The minimum absolute atomic E-state index is 0.190. The molecule has 0 amide bonds. The normalized spacial score (nSPS) is 10.5. The Kier molecular flexibility index (Phi) is 3.15. The van der Waals surface area contributed by atoms with Gasteiger partial charge in [0.15, 0.2) is 0 Å². The molecule has 0 saturated heterocycles. The molecule has 0 N–H and O–H groups in total. The van der Waals surface area contributed by atoms with E-state index >= 15 is 0 Å². The van der Waals surface area contributed by atoms with Crippen molar-refractivity contribution in [3.05, 3.63) is 22.4 Å². The van der Waals surface area contributed by atoms with E-state index in [1.165, 1.54) is 23.1 Å². The largest absolute Gasteiger partial charge is 0.281 e. The molecule has 0 saturated carbocycles. The number of thioether (sulfide) groups is 1. The van der Waals surface area contributed by atoms with Crippen LogP contribution >= 0.6 is 23.1 Å². The van der Waals surface area contributed by atoms with Crippen molar-refractivity contribution in [1.82, 2.24) is 0 Å². The van der Waals surface area contributed by atoms with E-state index in [0.29, 0.717) is 5.25 Å². The van der Waals surface area contributed by atoms with Gasteiger partial charge in [0.05, 0.1) is 4.88 Å². The van der Waals surface area contributed by atoms with E-state index in [9.17, 15) is 4.79 Å². The van der Waals surface area contributed by atoms with Gasteiger partial charge < -0.3 is 0 Å². The maximum Gasteiger partial charge on any atom is 0.229 e.